The van der Waals surface area contributed by atoms with Crippen molar-refractivity contribution >= 4 is 34.6 Å². The molecule has 1 N–H and O–H groups in total. The zero-order valence-electron chi connectivity index (χ0n) is 9.77. The molecule has 4 nitrogen and oxygen atoms in total. The minimum Gasteiger partial charge on any atom is -0.380 e. The van der Waals surface area contributed by atoms with E-state index >= 15 is 0 Å². The molecule has 6 heteroatoms. The maximum absolute atomic E-state index is 10.7. The summed E-state index contributed by atoms with van der Waals surface area (Å²) in [7, 11) is 0. The Morgan fingerprint density at radius 3 is 2.63 bits per heavy atom. The number of nitrogens with zero attached hydrogens (tertiary/aromatic N) is 1. The fourth-order valence-corrected chi connectivity index (χ4v) is 1.98. The van der Waals surface area contributed by atoms with Crippen molar-refractivity contribution in [2.45, 2.75) is 6.54 Å². The molecular formula is C13H10Cl2N2O2. The van der Waals surface area contributed by atoms with Gasteiger partial charge in [-0.1, -0.05) is 41.4 Å². The van der Waals surface area contributed by atoms with Gasteiger partial charge in [-0.05, 0) is 17.7 Å². The zero-order valence-corrected chi connectivity index (χ0v) is 11.3. The molecule has 0 heterocycles. The SMILES string of the molecule is O=[N+]([O-])c1cccc(CNc2cccc(Cl)c2Cl)c1. The molecular weight excluding hydrogens is 287 g/mol. The summed E-state index contributed by atoms with van der Waals surface area (Å²) in [5.74, 6) is 0. The lowest BCUT2D eigenvalue weighted by molar-refractivity contribution is -0.384. The lowest BCUT2D eigenvalue weighted by Crippen LogP contribution is -2.00. The Labute approximate surface area is 120 Å². The van der Waals surface area contributed by atoms with Gasteiger partial charge in [-0.3, -0.25) is 10.1 Å². The number of benzene rings is 2. The molecule has 0 radical (unpaired) electrons. The van der Waals surface area contributed by atoms with E-state index in [0.717, 1.165) is 5.56 Å². The average molecular weight is 297 g/mol. The van der Waals surface area contributed by atoms with Crippen molar-refractivity contribution in [3.63, 3.8) is 0 Å². The first kappa shape index (κ1) is 13.6. The third-order valence-corrected chi connectivity index (χ3v) is 3.37. The van der Waals surface area contributed by atoms with Crippen LogP contribution in [0.3, 0.4) is 0 Å². The van der Waals surface area contributed by atoms with Gasteiger partial charge in [0.1, 0.15) is 0 Å². The van der Waals surface area contributed by atoms with E-state index < -0.39 is 4.92 Å². The summed E-state index contributed by atoms with van der Waals surface area (Å²) in [6.07, 6.45) is 0. The van der Waals surface area contributed by atoms with Crippen molar-refractivity contribution in [1.82, 2.24) is 0 Å². The van der Waals surface area contributed by atoms with Crippen molar-refractivity contribution < 1.29 is 4.92 Å². The van der Waals surface area contributed by atoms with Crippen LogP contribution in [0.5, 0.6) is 0 Å². The fraction of sp³-hybridized carbons (Fsp3) is 0.0769. The second-order valence-corrected chi connectivity index (χ2v) is 4.67. The number of nitro groups is 1. The number of rotatable bonds is 4. The molecule has 98 valence electrons. The van der Waals surface area contributed by atoms with Crippen molar-refractivity contribution in [1.29, 1.82) is 0 Å². The van der Waals surface area contributed by atoms with E-state index in [0.29, 0.717) is 22.3 Å². The molecule has 0 spiro atoms. The minimum atomic E-state index is -0.421. The number of anilines is 1. The standard InChI is InChI=1S/C13H10Cl2N2O2/c14-11-5-2-6-12(13(11)15)16-8-9-3-1-4-10(7-9)17(18)19/h1-7,16H,8H2. The summed E-state index contributed by atoms with van der Waals surface area (Å²) in [4.78, 5) is 10.3. The quantitative estimate of drug-likeness (QED) is 0.667. The predicted molar refractivity (Wildman–Crippen MR) is 76.9 cm³/mol. The molecule has 0 aliphatic rings. The van der Waals surface area contributed by atoms with Crippen LogP contribution in [0.2, 0.25) is 10.0 Å². The highest BCUT2D eigenvalue weighted by Gasteiger charge is 2.07. The van der Waals surface area contributed by atoms with E-state index in [1.807, 2.05) is 0 Å². The molecule has 0 saturated heterocycles. The topological polar surface area (TPSA) is 55.2 Å². The van der Waals surface area contributed by atoms with Gasteiger partial charge in [0.05, 0.1) is 20.7 Å². The molecule has 2 rings (SSSR count). The van der Waals surface area contributed by atoms with E-state index in [1.165, 1.54) is 12.1 Å². The molecule has 0 saturated carbocycles. The molecule has 0 aliphatic heterocycles. The van der Waals surface area contributed by atoms with Gasteiger partial charge in [-0.15, -0.1) is 0 Å². The van der Waals surface area contributed by atoms with Crippen LogP contribution in [0.4, 0.5) is 11.4 Å². The Bertz CT molecular complexity index is 617. The molecule has 0 amide bonds. The minimum absolute atomic E-state index is 0.0662. The van der Waals surface area contributed by atoms with Crippen LogP contribution in [0.1, 0.15) is 5.56 Å². The van der Waals surface area contributed by atoms with Gasteiger partial charge in [0.15, 0.2) is 0 Å². The summed E-state index contributed by atoms with van der Waals surface area (Å²) in [5, 5.41) is 14.7. The first-order valence-corrected chi connectivity index (χ1v) is 6.25. The maximum atomic E-state index is 10.7. The van der Waals surface area contributed by atoms with Gasteiger partial charge in [-0.25, -0.2) is 0 Å². The number of non-ortho nitro benzene ring substituents is 1. The predicted octanol–water partition coefficient (Wildman–Crippen LogP) is 4.51. The second kappa shape index (κ2) is 5.91. The molecule has 0 fully saturated rings. The zero-order chi connectivity index (χ0) is 13.8. The summed E-state index contributed by atoms with van der Waals surface area (Å²) < 4.78 is 0. The molecule has 0 atom stereocenters. The molecule has 2 aromatic rings. The Morgan fingerprint density at radius 2 is 1.89 bits per heavy atom. The number of hydrogen-bond acceptors (Lipinski definition) is 3. The monoisotopic (exact) mass is 296 g/mol. The van der Waals surface area contributed by atoms with E-state index in [9.17, 15) is 10.1 Å². The van der Waals surface area contributed by atoms with Gasteiger partial charge in [0, 0.05) is 18.7 Å². The van der Waals surface area contributed by atoms with E-state index in [-0.39, 0.29) is 5.69 Å². The van der Waals surface area contributed by atoms with Gasteiger partial charge in [0.2, 0.25) is 0 Å². The maximum Gasteiger partial charge on any atom is 0.269 e. The lowest BCUT2D eigenvalue weighted by atomic mass is 10.2. The van der Waals surface area contributed by atoms with E-state index in [4.69, 9.17) is 23.2 Å². The number of hydrogen-bond donors (Lipinski definition) is 1. The van der Waals surface area contributed by atoms with E-state index in [1.54, 1.807) is 30.3 Å². The highest BCUT2D eigenvalue weighted by molar-refractivity contribution is 6.43. The number of halogens is 2. The van der Waals surface area contributed by atoms with Gasteiger partial charge < -0.3 is 5.32 Å². The van der Waals surface area contributed by atoms with Crippen molar-refractivity contribution in [2.75, 3.05) is 5.32 Å². The van der Waals surface area contributed by atoms with Crippen LogP contribution in [-0.2, 0) is 6.54 Å². The van der Waals surface area contributed by atoms with Crippen LogP contribution in [0.15, 0.2) is 42.5 Å². The van der Waals surface area contributed by atoms with Gasteiger partial charge >= 0.3 is 0 Å². The van der Waals surface area contributed by atoms with Crippen LogP contribution in [-0.4, -0.2) is 4.92 Å². The van der Waals surface area contributed by atoms with Crippen LogP contribution in [0.25, 0.3) is 0 Å². The normalized spacial score (nSPS) is 10.2. The Kier molecular flexibility index (Phi) is 4.24. The van der Waals surface area contributed by atoms with Crippen LogP contribution < -0.4 is 5.32 Å². The van der Waals surface area contributed by atoms with Crippen molar-refractivity contribution in [3.05, 3.63) is 68.2 Å². The van der Waals surface area contributed by atoms with Gasteiger partial charge in [0.25, 0.3) is 5.69 Å². The molecule has 0 bridgehead atoms. The summed E-state index contributed by atoms with van der Waals surface area (Å²) in [5.41, 5.74) is 1.56. The summed E-state index contributed by atoms with van der Waals surface area (Å²) in [6.45, 7) is 0.432. The van der Waals surface area contributed by atoms with Crippen LogP contribution in [0, 0.1) is 10.1 Å². The first-order chi connectivity index (χ1) is 9.08. The molecule has 2 aromatic carbocycles. The average Bonchev–Trinajstić information content (AvgIpc) is 2.41. The molecule has 0 aromatic heterocycles. The number of nitrogens with one attached hydrogen (secondary N) is 1. The molecule has 0 aliphatic carbocycles. The van der Waals surface area contributed by atoms with Gasteiger partial charge in [-0.2, -0.15) is 0 Å². The smallest absolute Gasteiger partial charge is 0.269 e. The first-order valence-electron chi connectivity index (χ1n) is 5.49. The van der Waals surface area contributed by atoms with Crippen molar-refractivity contribution in [3.8, 4) is 0 Å². The molecule has 19 heavy (non-hydrogen) atoms. The Morgan fingerprint density at radius 1 is 1.16 bits per heavy atom. The number of nitro benzene ring substituents is 1. The highest BCUT2D eigenvalue weighted by atomic mass is 35.5. The summed E-state index contributed by atoms with van der Waals surface area (Å²) >= 11 is 11.9. The largest absolute Gasteiger partial charge is 0.380 e. The van der Waals surface area contributed by atoms with Crippen molar-refractivity contribution in [2.24, 2.45) is 0 Å². The van der Waals surface area contributed by atoms with E-state index in [2.05, 4.69) is 5.32 Å². The molecule has 0 unspecified atom stereocenters. The third-order valence-electron chi connectivity index (χ3n) is 2.56. The third kappa shape index (κ3) is 3.36. The lowest BCUT2D eigenvalue weighted by Gasteiger charge is -2.09. The Balaban J connectivity index is 2.12. The second-order valence-electron chi connectivity index (χ2n) is 3.88. The van der Waals surface area contributed by atoms with Crippen LogP contribution >= 0.6 is 23.2 Å². The highest BCUT2D eigenvalue weighted by Crippen LogP contribution is 2.29. The fourth-order valence-electron chi connectivity index (χ4n) is 1.62. The summed E-state index contributed by atoms with van der Waals surface area (Å²) in [6, 6.07) is 11.7. The Hall–Kier alpha value is -1.78.